The summed E-state index contributed by atoms with van der Waals surface area (Å²) in [6, 6.07) is 25.2. The number of carbonyl (C=O) groups excluding carboxylic acids is 1. The van der Waals surface area contributed by atoms with Crippen LogP contribution < -0.4 is 10.1 Å². The highest BCUT2D eigenvalue weighted by Crippen LogP contribution is 2.42. The number of benzene rings is 3. The van der Waals surface area contributed by atoms with Gasteiger partial charge in [0.2, 0.25) is 5.95 Å². The number of rotatable bonds is 6. The fourth-order valence-electron chi connectivity index (χ4n) is 4.28. The lowest BCUT2D eigenvalue weighted by molar-refractivity contribution is -0.136. The summed E-state index contributed by atoms with van der Waals surface area (Å²) in [4.78, 5) is 18.1. The van der Waals surface area contributed by atoms with Crippen LogP contribution >= 0.6 is 0 Å². The lowest BCUT2D eigenvalue weighted by Crippen LogP contribution is -2.28. The SMILES string of the molecule is CCCOc1ccc([C@H]2C(C(=O)OC)=C(c3ccccc3)Nc3nc4ccccc4n32)cc1. The van der Waals surface area contributed by atoms with E-state index in [4.69, 9.17) is 14.5 Å². The van der Waals surface area contributed by atoms with Gasteiger partial charge >= 0.3 is 5.97 Å². The van der Waals surface area contributed by atoms with Gasteiger partial charge in [-0.15, -0.1) is 0 Å². The van der Waals surface area contributed by atoms with Gasteiger partial charge in [-0.2, -0.15) is 0 Å². The molecule has 0 radical (unpaired) electrons. The molecule has 1 aliphatic heterocycles. The first-order chi connectivity index (χ1) is 16.2. The van der Waals surface area contributed by atoms with Gasteiger partial charge < -0.3 is 14.8 Å². The standard InChI is InChI=1S/C27H25N3O3/c1-3-17-33-20-15-13-19(14-16-20)25-23(26(31)32-2)24(18-9-5-4-6-10-18)29-27-28-21-11-7-8-12-22(21)30(25)27/h4-16,25H,3,17H2,1-2H3,(H,28,29)/t25-/m0/s1. The third kappa shape index (κ3) is 3.74. The lowest BCUT2D eigenvalue weighted by Gasteiger charge is -2.31. The zero-order chi connectivity index (χ0) is 22.8. The molecule has 1 atom stereocenters. The molecule has 4 aromatic rings. The number of anilines is 1. The molecule has 0 fully saturated rings. The summed E-state index contributed by atoms with van der Waals surface area (Å²) >= 11 is 0. The Morgan fingerprint density at radius 2 is 1.73 bits per heavy atom. The largest absolute Gasteiger partial charge is 0.494 e. The van der Waals surface area contributed by atoms with E-state index in [1.165, 1.54) is 7.11 Å². The van der Waals surface area contributed by atoms with E-state index >= 15 is 0 Å². The molecule has 0 saturated carbocycles. The number of nitrogens with one attached hydrogen (secondary N) is 1. The molecule has 0 unspecified atom stereocenters. The number of fused-ring (bicyclic) bond motifs is 3. The highest BCUT2D eigenvalue weighted by Gasteiger charge is 2.36. The summed E-state index contributed by atoms with van der Waals surface area (Å²) in [5.74, 6) is 1.09. The Hall–Kier alpha value is -4.06. The van der Waals surface area contributed by atoms with Gasteiger partial charge in [0.25, 0.3) is 0 Å². The Morgan fingerprint density at radius 1 is 1.00 bits per heavy atom. The number of hydrogen-bond donors (Lipinski definition) is 1. The van der Waals surface area contributed by atoms with Crippen molar-refractivity contribution in [1.29, 1.82) is 0 Å². The van der Waals surface area contributed by atoms with Gasteiger partial charge in [0.15, 0.2) is 0 Å². The average Bonchev–Trinajstić information content (AvgIpc) is 3.25. The number of aromatic nitrogens is 2. The predicted molar refractivity (Wildman–Crippen MR) is 129 cm³/mol. The van der Waals surface area contributed by atoms with E-state index in [9.17, 15) is 4.79 Å². The predicted octanol–water partition coefficient (Wildman–Crippen LogP) is 5.42. The van der Waals surface area contributed by atoms with Crippen molar-refractivity contribution < 1.29 is 14.3 Å². The monoisotopic (exact) mass is 439 g/mol. The van der Waals surface area contributed by atoms with Gasteiger partial charge in [-0.25, -0.2) is 9.78 Å². The number of para-hydroxylation sites is 2. The molecule has 1 N–H and O–H groups in total. The number of carbonyl (C=O) groups is 1. The zero-order valence-corrected chi connectivity index (χ0v) is 18.6. The molecular weight excluding hydrogens is 414 g/mol. The molecule has 166 valence electrons. The molecular formula is C27H25N3O3. The minimum atomic E-state index is -0.420. The Kier molecular flexibility index (Phi) is 5.57. The van der Waals surface area contributed by atoms with E-state index in [1.54, 1.807) is 0 Å². The molecule has 6 heteroatoms. The van der Waals surface area contributed by atoms with Gasteiger partial charge in [0, 0.05) is 0 Å². The van der Waals surface area contributed by atoms with Crippen molar-refractivity contribution in [2.45, 2.75) is 19.4 Å². The Bertz CT molecular complexity index is 1320. The fraction of sp³-hybridized carbons (Fsp3) is 0.185. The van der Waals surface area contributed by atoms with E-state index in [1.807, 2.05) is 78.9 Å². The maximum Gasteiger partial charge on any atom is 0.338 e. The number of hydrogen-bond acceptors (Lipinski definition) is 5. The minimum absolute atomic E-state index is 0.388. The molecule has 0 amide bonds. The van der Waals surface area contributed by atoms with E-state index in [0.29, 0.717) is 23.8 Å². The summed E-state index contributed by atoms with van der Waals surface area (Å²) in [5.41, 5.74) is 4.85. The molecule has 6 nitrogen and oxygen atoms in total. The third-order valence-corrected chi connectivity index (χ3v) is 5.77. The maximum atomic E-state index is 13.2. The molecule has 2 heterocycles. The smallest absolute Gasteiger partial charge is 0.338 e. The summed E-state index contributed by atoms with van der Waals surface area (Å²) in [6.45, 7) is 2.74. The number of ether oxygens (including phenoxy) is 2. The van der Waals surface area contributed by atoms with Crippen LogP contribution in [0.5, 0.6) is 5.75 Å². The maximum absolute atomic E-state index is 13.2. The topological polar surface area (TPSA) is 65.4 Å². The first-order valence-electron chi connectivity index (χ1n) is 11.1. The summed E-state index contributed by atoms with van der Waals surface area (Å²) < 4.78 is 13.1. The van der Waals surface area contributed by atoms with Crippen LogP contribution in [-0.4, -0.2) is 29.2 Å². The van der Waals surface area contributed by atoms with Crippen LogP contribution in [0.3, 0.4) is 0 Å². The molecule has 1 aliphatic rings. The molecule has 0 aliphatic carbocycles. The van der Waals surface area contributed by atoms with Crippen molar-refractivity contribution in [3.63, 3.8) is 0 Å². The molecule has 0 spiro atoms. The van der Waals surface area contributed by atoms with Crippen LogP contribution in [0.1, 0.15) is 30.5 Å². The number of nitrogens with zero attached hydrogens (tertiary/aromatic N) is 2. The van der Waals surface area contributed by atoms with Crippen molar-refractivity contribution in [2.24, 2.45) is 0 Å². The molecule has 33 heavy (non-hydrogen) atoms. The van der Waals surface area contributed by atoms with Gasteiger partial charge in [-0.05, 0) is 41.8 Å². The van der Waals surface area contributed by atoms with Gasteiger partial charge in [-0.3, -0.25) is 4.57 Å². The summed E-state index contributed by atoms with van der Waals surface area (Å²) in [5, 5.41) is 3.41. The first kappa shape index (κ1) is 20.8. The Balaban J connectivity index is 1.74. The van der Waals surface area contributed by atoms with Crippen molar-refractivity contribution in [1.82, 2.24) is 9.55 Å². The zero-order valence-electron chi connectivity index (χ0n) is 18.6. The molecule has 1 aromatic heterocycles. The van der Waals surface area contributed by atoms with Crippen LogP contribution in [0.2, 0.25) is 0 Å². The Morgan fingerprint density at radius 3 is 2.45 bits per heavy atom. The van der Waals surface area contributed by atoms with Crippen LogP contribution in [-0.2, 0) is 9.53 Å². The summed E-state index contributed by atoms with van der Waals surface area (Å²) in [6.07, 6.45) is 0.941. The van der Waals surface area contributed by atoms with E-state index in [0.717, 1.165) is 34.3 Å². The van der Waals surface area contributed by atoms with Crippen LogP contribution in [0.25, 0.3) is 16.7 Å². The van der Waals surface area contributed by atoms with Crippen molar-refractivity contribution in [3.8, 4) is 5.75 Å². The highest BCUT2D eigenvalue weighted by atomic mass is 16.5. The van der Waals surface area contributed by atoms with E-state index < -0.39 is 6.04 Å². The second-order valence-electron chi connectivity index (χ2n) is 7.89. The van der Waals surface area contributed by atoms with Crippen molar-refractivity contribution >= 4 is 28.6 Å². The third-order valence-electron chi connectivity index (χ3n) is 5.77. The number of methoxy groups -OCH3 is 1. The second-order valence-corrected chi connectivity index (χ2v) is 7.89. The van der Waals surface area contributed by atoms with Crippen LogP contribution in [0.4, 0.5) is 5.95 Å². The van der Waals surface area contributed by atoms with E-state index in [2.05, 4.69) is 16.8 Å². The molecule has 5 rings (SSSR count). The quantitative estimate of drug-likeness (QED) is 0.406. The molecule has 0 bridgehead atoms. The average molecular weight is 440 g/mol. The number of esters is 1. The molecule has 0 saturated heterocycles. The van der Waals surface area contributed by atoms with Gasteiger partial charge in [0.05, 0.1) is 42.1 Å². The van der Waals surface area contributed by atoms with Crippen molar-refractivity contribution in [3.05, 3.63) is 95.6 Å². The molecule has 3 aromatic carbocycles. The lowest BCUT2D eigenvalue weighted by atomic mass is 9.92. The van der Waals surface area contributed by atoms with Gasteiger partial charge in [0.1, 0.15) is 5.75 Å². The summed E-state index contributed by atoms with van der Waals surface area (Å²) in [7, 11) is 1.41. The second kappa shape index (κ2) is 8.82. The normalized spacial score (nSPS) is 15.2. The number of imidazole rings is 1. The first-order valence-corrected chi connectivity index (χ1v) is 11.1. The van der Waals surface area contributed by atoms with Crippen LogP contribution in [0, 0.1) is 0 Å². The fourth-order valence-corrected chi connectivity index (χ4v) is 4.28. The van der Waals surface area contributed by atoms with E-state index in [-0.39, 0.29) is 5.97 Å². The van der Waals surface area contributed by atoms with Crippen LogP contribution in [0.15, 0.2) is 84.4 Å². The van der Waals surface area contributed by atoms with Gasteiger partial charge in [-0.1, -0.05) is 61.5 Å². The van der Waals surface area contributed by atoms with Crippen molar-refractivity contribution in [2.75, 3.05) is 19.0 Å². The highest BCUT2D eigenvalue weighted by molar-refractivity contribution is 6.03. The minimum Gasteiger partial charge on any atom is -0.494 e. The Labute approximate surface area is 192 Å².